The standard InChI is InChI=1S/C14H13ClN2O2S/c15-14-7-6-11(9-16-14)20(18,19)17-13-8-12(13)10-4-2-1-3-5-10/h1-7,9,12-13,17H,8H2. The zero-order chi connectivity index (χ0) is 14.2. The second kappa shape index (κ2) is 5.16. The van der Waals surface area contributed by atoms with Crippen LogP contribution in [0.2, 0.25) is 5.15 Å². The van der Waals surface area contributed by atoms with Crippen LogP contribution in [-0.4, -0.2) is 19.4 Å². The Morgan fingerprint density at radius 1 is 1.15 bits per heavy atom. The van der Waals surface area contributed by atoms with Gasteiger partial charge in [-0.1, -0.05) is 41.9 Å². The normalized spacial score (nSPS) is 21.6. The van der Waals surface area contributed by atoms with E-state index in [-0.39, 0.29) is 22.0 Å². The van der Waals surface area contributed by atoms with Crippen LogP contribution in [0.4, 0.5) is 0 Å². The Kier molecular flexibility index (Phi) is 3.50. The molecule has 1 saturated carbocycles. The van der Waals surface area contributed by atoms with E-state index in [4.69, 9.17) is 11.6 Å². The largest absolute Gasteiger partial charge is 0.243 e. The van der Waals surface area contributed by atoms with E-state index in [0.29, 0.717) is 0 Å². The summed E-state index contributed by atoms with van der Waals surface area (Å²) in [5.74, 6) is 0.256. The molecule has 20 heavy (non-hydrogen) atoms. The van der Waals surface area contributed by atoms with E-state index in [2.05, 4.69) is 9.71 Å². The zero-order valence-electron chi connectivity index (χ0n) is 10.5. The van der Waals surface area contributed by atoms with Crippen molar-refractivity contribution in [3.8, 4) is 0 Å². The molecule has 6 heteroatoms. The Morgan fingerprint density at radius 3 is 2.55 bits per heavy atom. The maximum absolute atomic E-state index is 12.2. The van der Waals surface area contributed by atoms with Crippen molar-refractivity contribution in [3.63, 3.8) is 0 Å². The predicted molar refractivity (Wildman–Crippen MR) is 77.2 cm³/mol. The number of rotatable bonds is 4. The van der Waals surface area contributed by atoms with Gasteiger partial charge in [0.1, 0.15) is 10.0 Å². The summed E-state index contributed by atoms with van der Waals surface area (Å²) in [6, 6.07) is 12.8. The third-order valence-electron chi connectivity index (χ3n) is 3.34. The molecule has 3 rings (SSSR count). The molecule has 0 amide bonds. The lowest BCUT2D eigenvalue weighted by atomic mass is 10.1. The highest BCUT2D eigenvalue weighted by molar-refractivity contribution is 7.89. The molecule has 0 bridgehead atoms. The van der Waals surface area contributed by atoms with Gasteiger partial charge in [0.25, 0.3) is 0 Å². The summed E-state index contributed by atoms with van der Waals surface area (Å²) in [4.78, 5) is 3.94. The predicted octanol–water partition coefficient (Wildman–Crippen LogP) is 2.57. The molecule has 0 radical (unpaired) electrons. The van der Waals surface area contributed by atoms with Gasteiger partial charge in [-0.05, 0) is 24.1 Å². The van der Waals surface area contributed by atoms with Gasteiger partial charge < -0.3 is 0 Å². The van der Waals surface area contributed by atoms with Crippen molar-refractivity contribution < 1.29 is 8.42 Å². The van der Waals surface area contributed by atoms with Crippen LogP contribution in [0, 0.1) is 0 Å². The SMILES string of the molecule is O=S(=O)(NC1CC1c1ccccc1)c1ccc(Cl)nc1. The first-order chi connectivity index (χ1) is 9.56. The van der Waals surface area contributed by atoms with Gasteiger partial charge in [0, 0.05) is 18.2 Å². The van der Waals surface area contributed by atoms with E-state index in [1.165, 1.54) is 18.3 Å². The van der Waals surface area contributed by atoms with Gasteiger partial charge in [0.05, 0.1) is 0 Å². The fourth-order valence-electron chi connectivity index (χ4n) is 2.18. The first-order valence-electron chi connectivity index (χ1n) is 6.25. The highest BCUT2D eigenvalue weighted by Crippen LogP contribution is 2.41. The molecule has 1 heterocycles. The molecular formula is C14H13ClN2O2S. The Bertz CT molecular complexity index is 702. The highest BCUT2D eigenvalue weighted by atomic mass is 35.5. The molecule has 1 aliphatic rings. The van der Waals surface area contributed by atoms with Crippen molar-refractivity contribution in [2.45, 2.75) is 23.3 Å². The molecule has 1 aromatic heterocycles. The van der Waals surface area contributed by atoms with Crippen LogP contribution in [0.1, 0.15) is 17.9 Å². The number of nitrogens with zero attached hydrogens (tertiary/aromatic N) is 1. The Labute approximate surface area is 122 Å². The smallest absolute Gasteiger partial charge is 0.242 e. The van der Waals surface area contributed by atoms with Gasteiger partial charge in [0.15, 0.2) is 0 Å². The topological polar surface area (TPSA) is 59.1 Å². The number of nitrogens with one attached hydrogen (secondary N) is 1. The maximum Gasteiger partial charge on any atom is 0.242 e. The number of halogens is 1. The fourth-order valence-corrected chi connectivity index (χ4v) is 3.53. The lowest BCUT2D eigenvalue weighted by Gasteiger charge is -2.06. The maximum atomic E-state index is 12.2. The average Bonchev–Trinajstić information content (AvgIpc) is 3.19. The third-order valence-corrected chi connectivity index (χ3v) is 5.03. The first-order valence-corrected chi connectivity index (χ1v) is 8.11. The van der Waals surface area contributed by atoms with Crippen LogP contribution in [0.5, 0.6) is 0 Å². The molecule has 4 nitrogen and oxygen atoms in total. The monoisotopic (exact) mass is 308 g/mol. The van der Waals surface area contributed by atoms with Crippen LogP contribution < -0.4 is 4.72 Å². The highest BCUT2D eigenvalue weighted by Gasteiger charge is 2.41. The van der Waals surface area contributed by atoms with E-state index in [0.717, 1.165) is 12.0 Å². The Hall–Kier alpha value is -1.43. The molecule has 1 aliphatic carbocycles. The molecule has 1 N–H and O–H groups in total. The Morgan fingerprint density at radius 2 is 1.90 bits per heavy atom. The fraction of sp³-hybridized carbons (Fsp3) is 0.214. The quantitative estimate of drug-likeness (QED) is 0.883. The minimum absolute atomic E-state index is 0.0434. The van der Waals surface area contributed by atoms with Crippen molar-refractivity contribution in [1.82, 2.24) is 9.71 Å². The summed E-state index contributed by atoms with van der Waals surface area (Å²) in [6.45, 7) is 0. The van der Waals surface area contributed by atoms with E-state index < -0.39 is 10.0 Å². The van der Waals surface area contributed by atoms with Gasteiger partial charge in [-0.2, -0.15) is 0 Å². The lowest BCUT2D eigenvalue weighted by Crippen LogP contribution is -2.26. The molecule has 0 saturated heterocycles. The van der Waals surface area contributed by atoms with Crippen molar-refractivity contribution >= 4 is 21.6 Å². The number of hydrogen-bond donors (Lipinski definition) is 1. The summed E-state index contributed by atoms with van der Waals surface area (Å²) in [7, 11) is -3.53. The van der Waals surface area contributed by atoms with Gasteiger partial charge in [-0.25, -0.2) is 18.1 Å². The van der Waals surface area contributed by atoms with Crippen molar-refractivity contribution in [1.29, 1.82) is 0 Å². The second-order valence-corrected chi connectivity index (χ2v) is 6.90. The van der Waals surface area contributed by atoms with E-state index in [9.17, 15) is 8.42 Å². The van der Waals surface area contributed by atoms with Gasteiger partial charge in [-0.15, -0.1) is 0 Å². The molecule has 1 aromatic carbocycles. The molecule has 2 unspecified atom stereocenters. The zero-order valence-corrected chi connectivity index (χ0v) is 12.1. The minimum atomic E-state index is -3.53. The van der Waals surface area contributed by atoms with Crippen molar-refractivity contribution in [2.75, 3.05) is 0 Å². The second-order valence-electron chi connectivity index (χ2n) is 4.80. The van der Waals surface area contributed by atoms with Gasteiger partial charge in [0.2, 0.25) is 10.0 Å². The average molecular weight is 309 g/mol. The Balaban J connectivity index is 1.71. The number of hydrogen-bond acceptors (Lipinski definition) is 3. The minimum Gasteiger partial charge on any atom is -0.243 e. The van der Waals surface area contributed by atoms with Crippen LogP contribution in [0.15, 0.2) is 53.6 Å². The first kappa shape index (κ1) is 13.5. The molecular weight excluding hydrogens is 296 g/mol. The lowest BCUT2D eigenvalue weighted by molar-refractivity contribution is 0.579. The third kappa shape index (κ3) is 2.85. The van der Waals surface area contributed by atoms with E-state index in [1.807, 2.05) is 30.3 Å². The molecule has 0 spiro atoms. The molecule has 1 fully saturated rings. The number of benzene rings is 1. The summed E-state index contributed by atoms with van der Waals surface area (Å²) in [5, 5.41) is 0.275. The van der Waals surface area contributed by atoms with E-state index >= 15 is 0 Å². The molecule has 0 aliphatic heterocycles. The number of sulfonamides is 1. The van der Waals surface area contributed by atoms with Crippen LogP contribution in [0.3, 0.4) is 0 Å². The van der Waals surface area contributed by atoms with Gasteiger partial charge in [-0.3, -0.25) is 0 Å². The molecule has 2 aromatic rings. The van der Waals surface area contributed by atoms with Gasteiger partial charge >= 0.3 is 0 Å². The van der Waals surface area contributed by atoms with Crippen LogP contribution in [0.25, 0.3) is 0 Å². The summed E-state index contributed by atoms with van der Waals surface area (Å²) >= 11 is 5.66. The molecule has 2 atom stereocenters. The van der Waals surface area contributed by atoms with Crippen molar-refractivity contribution in [3.05, 3.63) is 59.4 Å². The number of pyridine rings is 1. The summed E-state index contributed by atoms with van der Waals surface area (Å²) in [6.07, 6.45) is 2.09. The van der Waals surface area contributed by atoms with Crippen LogP contribution >= 0.6 is 11.6 Å². The van der Waals surface area contributed by atoms with Crippen molar-refractivity contribution in [2.24, 2.45) is 0 Å². The summed E-state index contributed by atoms with van der Waals surface area (Å²) in [5.41, 5.74) is 1.16. The molecule has 104 valence electrons. The number of aromatic nitrogens is 1. The van der Waals surface area contributed by atoms with Crippen LogP contribution in [-0.2, 0) is 10.0 Å². The van der Waals surface area contributed by atoms with E-state index in [1.54, 1.807) is 0 Å². The summed E-state index contributed by atoms with van der Waals surface area (Å²) < 4.78 is 27.1.